The van der Waals surface area contributed by atoms with Crippen molar-refractivity contribution in [1.29, 1.82) is 0 Å². The molecule has 0 saturated heterocycles. The minimum absolute atomic E-state index is 0.202. The van der Waals surface area contributed by atoms with Gasteiger partial charge in [-0.25, -0.2) is 0 Å². The zero-order chi connectivity index (χ0) is 15.6. The van der Waals surface area contributed by atoms with E-state index in [1.54, 1.807) is 54.6 Å². The topological polar surface area (TPSA) is 0 Å². The van der Waals surface area contributed by atoms with Gasteiger partial charge in [0.25, 0.3) is 0 Å². The van der Waals surface area contributed by atoms with Gasteiger partial charge in [0.2, 0.25) is 0 Å². The van der Waals surface area contributed by atoms with Crippen LogP contribution in [-0.4, -0.2) is 0 Å². The predicted octanol–water partition coefficient (Wildman–Crippen LogP) is 6.04. The highest BCUT2D eigenvalue weighted by atomic mass is 19.4. The molecule has 0 bridgehead atoms. The summed E-state index contributed by atoms with van der Waals surface area (Å²) >= 11 is 0. The highest BCUT2D eigenvalue weighted by Crippen LogP contribution is 2.39. The minimum atomic E-state index is -4.39. The molecular formula is C19H13F3. The van der Waals surface area contributed by atoms with Gasteiger partial charge in [-0.2, -0.15) is 13.2 Å². The number of benzene rings is 3. The number of halogens is 3. The molecule has 0 fully saturated rings. The first-order chi connectivity index (χ1) is 10.6. The van der Waals surface area contributed by atoms with Crippen LogP contribution in [0, 0.1) is 0 Å². The fourth-order valence-electron chi connectivity index (χ4n) is 2.46. The maximum absolute atomic E-state index is 13.4. The molecule has 0 nitrogen and oxygen atoms in total. The highest BCUT2D eigenvalue weighted by molar-refractivity contribution is 5.74. The van der Waals surface area contributed by atoms with Crippen LogP contribution in [0.2, 0.25) is 0 Å². The Hall–Kier alpha value is -2.55. The van der Waals surface area contributed by atoms with E-state index in [0.29, 0.717) is 11.1 Å². The molecule has 3 aromatic rings. The van der Waals surface area contributed by atoms with Crippen LogP contribution < -0.4 is 0 Å². The van der Waals surface area contributed by atoms with Crippen LogP contribution in [0.4, 0.5) is 13.2 Å². The van der Waals surface area contributed by atoms with Crippen molar-refractivity contribution in [2.45, 2.75) is 6.18 Å². The molecule has 0 spiro atoms. The van der Waals surface area contributed by atoms with E-state index < -0.39 is 11.7 Å². The van der Waals surface area contributed by atoms with Crippen molar-refractivity contribution in [3.8, 4) is 22.3 Å². The van der Waals surface area contributed by atoms with E-state index in [1.807, 2.05) is 18.2 Å². The van der Waals surface area contributed by atoms with Crippen molar-refractivity contribution < 1.29 is 13.2 Å². The van der Waals surface area contributed by atoms with Crippen LogP contribution in [-0.2, 0) is 6.18 Å². The third-order valence-corrected chi connectivity index (χ3v) is 3.52. The van der Waals surface area contributed by atoms with Crippen molar-refractivity contribution in [1.82, 2.24) is 0 Å². The average Bonchev–Trinajstić information content (AvgIpc) is 2.55. The van der Waals surface area contributed by atoms with Crippen molar-refractivity contribution in [3.05, 3.63) is 84.4 Å². The standard InChI is InChI=1S/C19H13F3/c20-19(21,22)18-13-16(14-7-3-1-4-8-14)11-12-17(18)15-9-5-2-6-10-15/h1-13H. The summed E-state index contributed by atoms with van der Waals surface area (Å²) < 4.78 is 40.3. The molecule has 0 aliphatic rings. The molecule has 0 amide bonds. The second kappa shape index (κ2) is 5.68. The first-order valence-electron chi connectivity index (χ1n) is 6.88. The SMILES string of the molecule is FC(F)(F)c1cc(-c2ccccc2)ccc1-c1ccccc1. The van der Waals surface area contributed by atoms with Crippen molar-refractivity contribution in [2.75, 3.05) is 0 Å². The molecule has 0 aliphatic heterocycles. The average molecular weight is 298 g/mol. The first kappa shape index (κ1) is 14.4. The molecule has 0 atom stereocenters. The van der Waals surface area contributed by atoms with E-state index in [9.17, 15) is 13.2 Å². The van der Waals surface area contributed by atoms with Crippen LogP contribution in [0.25, 0.3) is 22.3 Å². The van der Waals surface area contributed by atoms with E-state index in [1.165, 1.54) is 6.07 Å². The molecule has 0 radical (unpaired) electrons. The molecule has 3 heteroatoms. The molecule has 0 N–H and O–H groups in total. The maximum atomic E-state index is 13.4. The van der Waals surface area contributed by atoms with Crippen LogP contribution >= 0.6 is 0 Å². The van der Waals surface area contributed by atoms with Gasteiger partial charge in [0.1, 0.15) is 0 Å². The molecule has 110 valence electrons. The van der Waals surface area contributed by atoms with E-state index in [-0.39, 0.29) is 5.56 Å². The van der Waals surface area contributed by atoms with Gasteiger partial charge in [-0.1, -0.05) is 72.8 Å². The van der Waals surface area contributed by atoms with Gasteiger partial charge in [-0.3, -0.25) is 0 Å². The predicted molar refractivity (Wildman–Crippen MR) is 82.3 cm³/mol. The Balaban J connectivity index is 2.17. The molecule has 0 saturated carbocycles. The van der Waals surface area contributed by atoms with E-state index in [2.05, 4.69) is 0 Å². The Morgan fingerprint density at radius 2 is 1.09 bits per heavy atom. The third-order valence-electron chi connectivity index (χ3n) is 3.52. The quantitative estimate of drug-likeness (QED) is 0.541. The summed E-state index contributed by atoms with van der Waals surface area (Å²) in [6.07, 6.45) is -4.39. The molecule has 0 heterocycles. The van der Waals surface area contributed by atoms with E-state index in [4.69, 9.17) is 0 Å². The lowest BCUT2D eigenvalue weighted by molar-refractivity contribution is -0.137. The van der Waals surface area contributed by atoms with Gasteiger partial charge in [-0.05, 0) is 28.3 Å². The fourth-order valence-corrected chi connectivity index (χ4v) is 2.46. The smallest absolute Gasteiger partial charge is 0.166 e. The highest BCUT2D eigenvalue weighted by Gasteiger charge is 2.34. The minimum Gasteiger partial charge on any atom is -0.166 e. The van der Waals surface area contributed by atoms with Gasteiger partial charge in [0.05, 0.1) is 5.56 Å². The van der Waals surface area contributed by atoms with Crippen molar-refractivity contribution in [2.24, 2.45) is 0 Å². The summed E-state index contributed by atoms with van der Waals surface area (Å²) in [6.45, 7) is 0. The summed E-state index contributed by atoms with van der Waals surface area (Å²) in [5.74, 6) is 0. The lowest BCUT2D eigenvalue weighted by Crippen LogP contribution is -2.07. The lowest BCUT2D eigenvalue weighted by atomic mass is 9.94. The second-order valence-corrected chi connectivity index (χ2v) is 4.99. The number of rotatable bonds is 2. The van der Waals surface area contributed by atoms with Crippen molar-refractivity contribution in [3.63, 3.8) is 0 Å². The molecule has 0 unspecified atom stereocenters. The largest absolute Gasteiger partial charge is 0.417 e. The van der Waals surface area contributed by atoms with Crippen molar-refractivity contribution >= 4 is 0 Å². The number of hydrogen-bond donors (Lipinski definition) is 0. The normalized spacial score (nSPS) is 11.4. The third kappa shape index (κ3) is 2.89. The summed E-state index contributed by atoms with van der Waals surface area (Å²) in [5, 5.41) is 0. The van der Waals surface area contributed by atoms with Crippen LogP contribution in [0.3, 0.4) is 0 Å². The second-order valence-electron chi connectivity index (χ2n) is 4.99. The summed E-state index contributed by atoms with van der Waals surface area (Å²) in [5.41, 5.74) is 1.49. The molecule has 0 aliphatic carbocycles. The zero-order valence-corrected chi connectivity index (χ0v) is 11.6. The zero-order valence-electron chi connectivity index (χ0n) is 11.6. The summed E-state index contributed by atoms with van der Waals surface area (Å²) in [4.78, 5) is 0. The Bertz CT molecular complexity index is 760. The Morgan fingerprint density at radius 3 is 1.64 bits per heavy atom. The number of hydrogen-bond acceptors (Lipinski definition) is 0. The first-order valence-corrected chi connectivity index (χ1v) is 6.88. The monoisotopic (exact) mass is 298 g/mol. The van der Waals surface area contributed by atoms with E-state index in [0.717, 1.165) is 5.56 Å². The fraction of sp³-hybridized carbons (Fsp3) is 0.0526. The van der Waals surface area contributed by atoms with Gasteiger partial charge < -0.3 is 0 Å². The Kier molecular flexibility index (Phi) is 3.72. The Labute approximate surface area is 126 Å². The van der Waals surface area contributed by atoms with Crippen LogP contribution in [0.15, 0.2) is 78.9 Å². The molecular weight excluding hydrogens is 285 g/mol. The summed E-state index contributed by atoms with van der Waals surface area (Å²) in [7, 11) is 0. The molecule has 22 heavy (non-hydrogen) atoms. The van der Waals surface area contributed by atoms with Gasteiger partial charge in [-0.15, -0.1) is 0 Å². The van der Waals surface area contributed by atoms with Crippen LogP contribution in [0.1, 0.15) is 5.56 Å². The van der Waals surface area contributed by atoms with Crippen LogP contribution in [0.5, 0.6) is 0 Å². The molecule has 0 aromatic heterocycles. The number of alkyl halides is 3. The van der Waals surface area contributed by atoms with Gasteiger partial charge in [0, 0.05) is 0 Å². The summed E-state index contributed by atoms with van der Waals surface area (Å²) in [6, 6.07) is 22.2. The van der Waals surface area contributed by atoms with Gasteiger partial charge >= 0.3 is 6.18 Å². The molecule has 3 aromatic carbocycles. The maximum Gasteiger partial charge on any atom is 0.417 e. The van der Waals surface area contributed by atoms with E-state index >= 15 is 0 Å². The molecule has 3 rings (SSSR count). The Morgan fingerprint density at radius 1 is 0.545 bits per heavy atom. The van der Waals surface area contributed by atoms with Gasteiger partial charge in [0.15, 0.2) is 0 Å². The lowest BCUT2D eigenvalue weighted by Gasteiger charge is -2.15.